The highest BCUT2D eigenvalue weighted by Crippen LogP contribution is 2.35. The van der Waals surface area contributed by atoms with E-state index >= 15 is 0 Å². The first kappa shape index (κ1) is 12.8. The highest BCUT2D eigenvalue weighted by molar-refractivity contribution is 5.60. The van der Waals surface area contributed by atoms with Crippen molar-refractivity contribution in [2.45, 2.75) is 32.3 Å². The molecule has 18 heavy (non-hydrogen) atoms. The van der Waals surface area contributed by atoms with E-state index in [1.165, 1.54) is 6.07 Å². The maximum Gasteiger partial charge on any atom is 0.311 e. The van der Waals surface area contributed by atoms with Crippen molar-refractivity contribution < 1.29 is 10.0 Å². The zero-order chi connectivity index (χ0) is 13.3. The predicted octanol–water partition coefficient (Wildman–Crippen LogP) is 1.65. The molecule has 0 unspecified atom stereocenters. The van der Waals surface area contributed by atoms with Gasteiger partial charge in [-0.05, 0) is 18.9 Å². The Kier molecular flexibility index (Phi) is 3.21. The summed E-state index contributed by atoms with van der Waals surface area (Å²) in [5.74, 6) is 0.353. The first-order chi connectivity index (χ1) is 8.45. The molecule has 1 saturated heterocycles. The minimum Gasteiger partial charge on any atom is -0.386 e. The third-order valence-corrected chi connectivity index (χ3v) is 3.17. The molecule has 6 heteroatoms. The quantitative estimate of drug-likeness (QED) is 0.650. The number of rotatable bonds is 4. The van der Waals surface area contributed by atoms with Gasteiger partial charge in [-0.1, -0.05) is 13.3 Å². The van der Waals surface area contributed by atoms with Gasteiger partial charge in [0.25, 0.3) is 0 Å². The molecule has 1 aromatic rings. The van der Waals surface area contributed by atoms with Crippen molar-refractivity contribution in [1.29, 1.82) is 0 Å². The lowest BCUT2D eigenvalue weighted by molar-refractivity contribution is -0.384. The molecular formula is C12H17N3O3. The SMILES string of the molecule is CCCC1(O)CN(c2ncc(C)cc2[N+](=O)[O-])C1. The van der Waals surface area contributed by atoms with Crippen LogP contribution in [0.4, 0.5) is 11.5 Å². The summed E-state index contributed by atoms with van der Waals surface area (Å²) >= 11 is 0. The summed E-state index contributed by atoms with van der Waals surface area (Å²) in [6, 6.07) is 1.51. The fourth-order valence-corrected chi connectivity index (χ4v) is 2.36. The minimum absolute atomic E-state index is 0.00792. The van der Waals surface area contributed by atoms with Crippen LogP contribution in [0.3, 0.4) is 0 Å². The van der Waals surface area contributed by atoms with Gasteiger partial charge >= 0.3 is 5.69 Å². The van der Waals surface area contributed by atoms with Gasteiger partial charge in [-0.25, -0.2) is 4.98 Å². The standard InChI is InChI=1S/C12H17N3O3/c1-3-4-12(16)7-14(8-12)11-10(15(17)18)5-9(2)6-13-11/h5-6,16H,3-4,7-8H2,1-2H3. The van der Waals surface area contributed by atoms with Gasteiger partial charge < -0.3 is 10.0 Å². The molecule has 0 amide bonds. The summed E-state index contributed by atoms with van der Waals surface area (Å²) in [5.41, 5.74) is 0.0539. The number of hydrogen-bond acceptors (Lipinski definition) is 5. The summed E-state index contributed by atoms with van der Waals surface area (Å²) in [4.78, 5) is 16.4. The lowest BCUT2D eigenvalue weighted by Gasteiger charge is -2.46. The number of pyridine rings is 1. The number of anilines is 1. The van der Waals surface area contributed by atoms with E-state index < -0.39 is 10.5 Å². The summed E-state index contributed by atoms with van der Waals surface area (Å²) in [5, 5.41) is 21.1. The molecule has 2 rings (SSSR count). The zero-order valence-corrected chi connectivity index (χ0v) is 10.6. The third kappa shape index (κ3) is 2.28. The van der Waals surface area contributed by atoms with Gasteiger partial charge in [-0.3, -0.25) is 10.1 Å². The predicted molar refractivity (Wildman–Crippen MR) is 67.7 cm³/mol. The van der Waals surface area contributed by atoms with Crippen molar-refractivity contribution in [2.75, 3.05) is 18.0 Å². The Hall–Kier alpha value is -1.69. The topological polar surface area (TPSA) is 79.5 Å². The molecule has 6 nitrogen and oxygen atoms in total. The molecular weight excluding hydrogens is 234 g/mol. The van der Waals surface area contributed by atoms with E-state index in [2.05, 4.69) is 4.98 Å². The minimum atomic E-state index is -0.713. The number of β-amino-alcohol motifs (C(OH)–C–C–N with tert-alkyl or cyclic N) is 1. The summed E-state index contributed by atoms with van der Waals surface area (Å²) in [7, 11) is 0. The highest BCUT2D eigenvalue weighted by atomic mass is 16.6. The van der Waals surface area contributed by atoms with Crippen LogP contribution in [-0.2, 0) is 0 Å². The van der Waals surface area contributed by atoms with E-state index in [1.54, 1.807) is 18.0 Å². The van der Waals surface area contributed by atoms with Crippen LogP contribution in [0.15, 0.2) is 12.3 Å². The second-order valence-electron chi connectivity index (χ2n) is 4.94. The molecule has 1 aliphatic heterocycles. The van der Waals surface area contributed by atoms with Crippen LogP contribution >= 0.6 is 0 Å². The fraction of sp³-hybridized carbons (Fsp3) is 0.583. The fourth-order valence-electron chi connectivity index (χ4n) is 2.36. The van der Waals surface area contributed by atoms with Gasteiger partial charge in [-0.2, -0.15) is 0 Å². The largest absolute Gasteiger partial charge is 0.386 e. The molecule has 0 radical (unpaired) electrons. The monoisotopic (exact) mass is 251 g/mol. The number of nitro groups is 1. The number of hydrogen-bond donors (Lipinski definition) is 1. The highest BCUT2D eigenvalue weighted by Gasteiger charge is 2.43. The normalized spacial score (nSPS) is 17.4. The van der Waals surface area contributed by atoms with E-state index in [0.717, 1.165) is 12.0 Å². The van der Waals surface area contributed by atoms with Crippen molar-refractivity contribution in [3.63, 3.8) is 0 Å². The third-order valence-electron chi connectivity index (χ3n) is 3.17. The van der Waals surface area contributed by atoms with Crippen molar-refractivity contribution in [3.8, 4) is 0 Å². The molecule has 1 aromatic heterocycles. The van der Waals surface area contributed by atoms with E-state index in [9.17, 15) is 15.2 Å². The van der Waals surface area contributed by atoms with Gasteiger partial charge in [0.15, 0.2) is 0 Å². The Balaban J connectivity index is 2.19. The van der Waals surface area contributed by atoms with E-state index in [4.69, 9.17) is 0 Å². The summed E-state index contributed by atoms with van der Waals surface area (Å²) < 4.78 is 0. The van der Waals surface area contributed by atoms with Gasteiger partial charge in [0, 0.05) is 12.3 Å². The summed E-state index contributed by atoms with van der Waals surface area (Å²) in [6.45, 7) is 4.61. The van der Waals surface area contributed by atoms with Crippen molar-refractivity contribution in [3.05, 3.63) is 27.9 Å². The van der Waals surface area contributed by atoms with Crippen LogP contribution in [0.2, 0.25) is 0 Å². The number of nitrogens with zero attached hydrogens (tertiary/aromatic N) is 3. The second kappa shape index (κ2) is 4.53. The van der Waals surface area contributed by atoms with Crippen molar-refractivity contribution in [1.82, 2.24) is 4.98 Å². The van der Waals surface area contributed by atoms with E-state index in [-0.39, 0.29) is 5.69 Å². The Morgan fingerprint density at radius 1 is 1.61 bits per heavy atom. The van der Waals surface area contributed by atoms with Gasteiger partial charge in [-0.15, -0.1) is 0 Å². The maximum atomic E-state index is 11.0. The molecule has 1 aliphatic rings. The van der Waals surface area contributed by atoms with Gasteiger partial charge in [0.05, 0.1) is 23.6 Å². The Bertz CT molecular complexity index is 470. The first-order valence-electron chi connectivity index (χ1n) is 6.03. The van der Waals surface area contributed by atoms with Crippen LogP contribution < -0.4 is 4.90 Å². The molecule has 0 atom stereocenters. The molecule has 1 fully saturated rings. The van der Waals surface area contributed by atoms with Crippen LogP contribution in [0.1, 0.15) is 25.3 Å². The maximum absolute atomic E-state index is 11.0. The smallest absolute Gasteiger partial charge is 0.311 e. The van der Waals surface area contributed by atoms with Crippen LogP contribution in [0.5, 0.6) is 0 Å². The average molecular weight is 251 g/mol. The molecule has 1 N–H and O–H groups in total. The van der Waals surface area contributed by atoms with Crippen LogP contribution in [0.25, 0.3) is 0 Å². The van der Waals surface area contributed by atoms with Gasteiger partial charge in [0.1, 0.15) is 0 Å². The van der Waals surface area contributed by atoms with E-state index in [1.807, 2.05) is 6.92 Å². The number of aryl methyl sites for hydroxylation is 1. The molecule has 0 saturated carbocycles. The average Bonchev–Trinajstić information content (AvgIpc) is 2.26. The Morgan fingerprint density at radius 3 is 2.83 bits per heavy atom. The Morgan fingerprint density at radius 2 is 2.28 bits per heavy atom. The molecule has 98 valence electrons. The number of aliphatic hydroxyl groups is 1. The molecule has 0 spiro atoms. The van der Waals surface area contributed by atoms with Gasteiger partial charge in [0.2, 0.25) is 5.82 Å². The first-order valence-corrected chi connectivity index (χ1v) is 6.03. The summed E-state index contributed by atoms with van der Waals surface area (Å²) in [6.07, 6.45) is 3.22. The lowest BCUT2D eigenvalue weighted by atomic mass is 9.89. The van der Waals surface area contributed by atoms with Crippen LogP contribution in [0, 0.1) is 17.0 Å². The molecule has 0 aliphatic carbocycles. The van der Waals surface area contributed by atoms with Crippen molar-refractivity contribution >= 4 is 11.5 Å². The second-order valence-corrected chi connectivity index (χ2v) is 4.94. The van der Waals surface area contributed by atoms with Crippen LogP contribution in [-0.4, -0.2) is 33.7 Å². The van der Waals surface area contributed by atoms with Crippen molar-refractivity contribution in [2.24, 2.45) is 0 Å². The Labute approximate surface area is 105 Å². The number of aromatic nitrogens is 1. The molecule has 0 aromatic carbocycles. The molecule has 2 heterocycles. The lowest BCUT2D eigenvalue weighted by Crippen LogP contribution is -2.62. The molecule has 0 bridgehead atoms. The van der Waals surface area contributed by atoms with E-state index in [0.29, 0.717) is 25.3 Å². The zero-order valence-electron chi connectivity index (χ0n) is 10.6.